The predicted octanol–water partition coefficient (Wildman–Crippen LogP) is 2.98. The molecule has 0 saturated heterocycles. The Bertz CT molecular complexity index is 613. The fourth-order valence-corrected chi connectivity index (χ4v) is 1.66. The Morgan fingerprint density at radius 2 is 2.10 bits per heavy atom. The van der Waals surface area contributed by atoms with E-state index in [1.807, 2.05) is 0 Å². The van der Waals surface area contributed by atoms with E-state index in [2.05, 4.69) is 27.2 Å². The molecule has 0 spiro atoms. The van der Waals surface area contributed by atoms with Crippen LogP contribution in [0.25, 0.3) is 0 Å². The van der Waals surface area contributed by atoms with Crippen LogP contribution in [0.1, 0.15) is 10.4 Å². The van der Waals surface area contributed by atoms with Gasteiger partial charge in [0.05, 0.1) is 5.56 Å². The highest BCUT2D eigenvalue weighted by atomic mass is 35.5. The minimum atomic E-state index is -0.289. The molecule has 5 nitrogen and oxygen atoms in total. The average molecular weight is 289 g/mol. The first-order valence-electron chi connectivity index (χ1n) is 5.93. The van der Waals surface area contributed by atoms with Crippen molar-refractivity contribution in [3.63, 3.8) is 0 Å². The van der Waals surface area contributed by atoms with Gasteiger partial charge in [-0.15, -0.1) is 6.58 Å². The van der Waals surface area contributed by atoms with E-state index in [9.17, 15) is 4.79 Å². The van der Waals surface area contributed by atoms with E-state index in [1.54, 1.807) is 30.3 Å². The molecule has 1 amide bonds. The third-order valence-corrected chi connectivity index (χ3v) is 2.64. The molecule has 0 aliphatic rings. The fourth-order valence-electron chi connectivity index (χ4n) is 1.47. The van der Waals surface area contributed by atoms with Crippen LogP contribution in [0.5, 0.6) is 0 Å². The van der Waals surface area contributed by atoms with Crippen LogP contribution in [0.4, 0.5) is 11.6 Å². The van der Waals surface area contributed by atoms with E-state index in [0.717, 1.165) is 0 Å². The number of hydrogen-bond acceptors (Lipinski definition) is 4. The summed E-state index contributed by atoms with van der Waals surface area (Å²) in [6.07, 6.45) is 4.61. The number of benzene rings is 1. The second-order valence-corrected chi connectivity index (χ2v) is 4.37. The lowest BCUT2D eigenvalue weighted by atomic mass is 10.3. The summed E-state index contributed by atoms with van der Waals surface area (Å²) in [5.41, 5.74) is 0.991. The summed E-state index contributed by atoms with van der Waals surface area (Å²) in [4.78, 5) is 20.1. The van der Waals surface area contributed by atoms with Crippen molar-refractivity contribution in [2.45, 2.75) is 0 Å². The van der Waals surface area contributed by atoms with Gasteiger partial charge in [0.25, 0.3) is 5.91 Å². The number of nitrogens with zero attached hydrogens (tertiary/aromatic N) is 2. The van der Waals surface area contributed by atoms with E-state index in [1.165, 1.54) is 12.4 Å². The van der Waals surface area contributed by atoms with Gasteiger partial charge in [0.15, 0.2) is 0 Å². The number of nitrogens with one attached hydrogen (secondary N) is 2. The molecule has 102 valence electrons. The van der Waals surface area contributed by atoms with Crippen molar-refractivity contribution in [1.82, 2.24) is 9.97 Å². The van der Waals surface area contributed by atoms with Gasteiger partial charge in [-0.25, -0.2) is 9.97 Å². The first-order valence-corrected chi connectivity index (χ1v) is 6.30. The molecule has 2 aromatic rings. The van der Waals surface area contributed by atoms with Crippen molar-refractivity contribution in [3.05, 3.63) is 59.9 Å². The molecule has 0 fully saturated rings. The Kier molecular flexibility index (Phi) is 4.68. The quantitative estimate of drug-likeness (QED) is 0.830. The molecule has 0 bridgehead atoms. The summed E-state index contributed by atoms with van der Waals surface area (Å²) in [7, 11) is 0. The first kappa shape index (κ1) is 14.0. The second-order valence-electron chi connectivity index (χ2n) is 3.93. The van der Waals surface area contributed by atoms with Crippen LogP contribution in [0.15, 0.2) is 49.3 Å². The van der Waals surface area contributed by atoms with Crippen LogP contribution in [-0.2, 0) is 0 Å². The van der Waals surface area contributed by atoms with Crippen LogP contribution in [0, 0.1) is 0 Å². The Morgan fingerprint density at radius 1 is 1.35 bits per heavy atom. The predicted molar refractivity (Wildman–Crippen MR) is 80.1 cm³/mol. The zero-order chi connectivity index (χ0) is 14.4. The van der Waals surface area contributed by atoms with Gasteiger partial charge in [-0.1, -0.05) is 23.7 Å². The molecule has 2 rings (SSSR count). The number of aromatic nitrogens is 2. The maximum absolute atomic E-state index is 12.0. The maximum atomic E-state index is 12.0. The molecule has 1 aromatic carbocycles. The average Bonchev–Trinajstić information content (AvgIpc) is 2.45. The van der Waals surface area contributed by atoms with Crippen LogP contribution in [0.2, 0.25) is 5.02 Å². The Morgan fingerprint density at radius 3 is 2.75 bits per heavy atom. The summed E-state index contributed by atoms with van der Waals surface area (Å²) < 4.78 is 0. The lowest BCUT2D eigenvalue weighted by Gasteiger charge is -2.06. The molecule has 1 aromatic heterocycles. The Balaban J connectivity index is 2.03. The molecule has 0 unspecified atom stereocenters. The van der Waals surface area contributed by atoms with Crippen LogP contribution >= 0.6 is 11.6 Å². The van der Waals surface area contributed by atoms with Crippen molar-refractivity contribution in [1.29, 1.82) is 0 Å². The third-order valence-electron chi connectivity index (χ3n) is 2.40. The van der Waals surface area contributed by atoms with Crippen molar-refractivity contribution in [3.8, 4) is 0 Å². The van der Waals surface area contributed by atoms with Crippen LogP contribution < -0.4 is 10.6 Å². The van der Waals surface area contributed by atoms with E-state index in [0.29, 0.717) is 28.8 Å². The number of hydrogen-bond donors (Lipinski definition) is 2. The van der Waals surface area contributed by atoms with Gasteiger partial charge in [0, 0.05) is 29.6 Å². The lowest BCUT2D eigenvalue weighted by Crippen LogP contribution is -2.13. The third kappa shape index (κ3) is 3.80. The summed E-state index contributed by atoms with van der Waals surface area (Å²) in [5, 5.41) is 6.21. The standard InChI is InChI=1S/C14H13ClN4O/c1-2-6-16-14-17-8-10(9-18-14)13(20)19-12-5-3-4-11(15)7-12/h2-5,7-9H,1,6H2,(H,19,20)(H,16,17,18). The molecule has 0 atom stereocenters. The van der Waals surface area contributed by atoms with Crippen LogP contribution in [0.3, 0.4) is 0 Å². The number of halogens is 1. The van der Waals surface area contributed by atoms with Crippen molar-refractivity contribution in [2.75, 3.05) is 17.2 Å². The molecule has 20 heavy (non-hydrogen) atoms. The maximum Gasteiger partial charge on any atom is 0.258 e. The molecular weight excluding hydrogens is 276 g/mol. The summed E-state index contributed by atoms with van der Waals surface area (Å²) in [6, 6.07) is 6.92. The van der Waals surface area contributed by atoms with Gasteiger partial charge in [-0.2, -0.15) is 0 Å². The van der Waals surface area contributed by atoms with E-state index < -0.39 is 0 Å². The smallest absolute Gasteiger partial charge is 0.258 e. The SMILES string of the molecule is C=CCNc1ncc(C(=O)Nc2cccc(Cl)c2)cn1. The minimum Gasteiger partial charge on any atom is -0.351 e. The number of anilines is 2. The van der Waals surface area contributed by atoms with Crippen molar-refractivity contribution in [2.24, 2.45) is 0 Å². The van der Waals surface area contributed by atoms with E-state index >= 15 is 0 Å². The second kappa shape index (κ2) is 6.68. The Hall–Kier alpha value is -2.40. The van der Waals surface area contributed by atoms with E-state index in [-0.39, 0.29) is 5.91 Å². The monoisotopic (exact) mass is 288 g/mol. The van der Waals surface area contributed by atoms with Gasteiger partial charge >= 0.3 is 0 Å². The van der Waals surface area contributed by atoms with Gasteiger partial charge in [0.2, 0.25) is 5.95 Å². The van der Waals surface area contributed by atoms with Crippen molar-refractivity contribution < 1.29 is 4.79 Å². The highest BCUT2D eigenvalue weighted by Crippen LogP contribution is 2.15. The normalized spacial score (nSPS) is 9.85. The summed E-state index contributed by atoms with van der Waals surface area (Å²) in [5.74, 6) is 0.159. The molecule has 0 aliphatic carbocycles. The van der Waals surface area contributed by atoms with Crippen LogP contribution in [-0.4, -0.2) is 22.4 Å². The molecule has 1 heterocycles. The molecule has 0 radical (unpaired) electrons. The number of amides is 1. The minimum absolute atomic E-state index is 0.289. The first-order chi connectivity index (χ1) is 9.69. The fraction of sp³-hybridized carbons (Fsp3) is 0.0714. The highest BCUT2D eigenvalue weighted by Gasteiger charge is 2.07. The van der Waals surface area contributed by atoms with E-state index in [4.69, 9.17) is 11.6 Å². The van der Waals surface area contributed by atoms with Gasteiger partial charge < -0.3 is 10.6 Å². The highest BCUT2D eigenvalue weighted by molar-refractivity contribution is 6.30. The summed E-state index contributed by atoms with van der Waals surface area (Å²) in [6.45, 7) is 4.15. The molecule has 2 N–H and O–H groups in total. The lowest BCUT2D eigenvalue weighted by molar-refractivity contribution is 0.102. The zero-order valence-corrected chi connectivity index (χ0v) is 11.4. The number of rotatable bonds is 5. The molecule has 0 aliphatic heterocycles. The van der Waals surface area contributed by atoms with Crippen molar-refractivity contribution >= 4 is 29.1 Å². The zero-order valence-electron chi connectivity index (χ0n) is 10.6. The van der Waals surface area contributed by atoms with Gasteiger partial charge in [0.1, 0.15) is 0 Å². The topological polar surface area (TPSA) is 66.9 Å². The summed E-state index contributed by atoms with van der Waals surface area (Å²) >= 11 is 5.85. The molecule has 6 heteroatoms. The van der Waals surface area contributed by atoms with Gasteiger partial charge in [-0.05, 0) is 18.2 Å². The number of carbonyl (C=O) groups excluding carboxylic acids is 1. The largest absolute Gasteiger partial charge is 0.351 e. The number of carbonyl (C=O) groups is 1. The van der Waals surface area contributed by atoms with Gasteiger partial charge in [-0.3, -0.25) is 4.79 Å². The Labute approximate surface area is 121 Å². The molecular formula is C14H13ClN4O. The molecule has 0 saturated carbocycles.